The number of hydrogen-bond donors (Lipinski definition) is 1. The highest BCUT2D eigenvalue weighted by Crippen LogP contribution is 2.21. The molecule has 3 rings (SSSR count). The van der Waals surface area contributed by atoms with Crippen molar-refractivity contribution in [2.75, 3.05) is 33.4 Å². The number of carbonyl (C=O) groups excluding carboxylic acids is 1. The molecule has 1 aliphatic rings. The molecule has 0 saturated carbocycles. The van der Waals surface area contributed by atoms with Gasteiger partial charge < -0.3 is 14.8 Å². The Balaban J connectivity index is 1.63. The van der Waals surface area contributed by atoms with Gasteiger partial charge in [0.25, 0.3) is 5.91 Å². The molecule has 0 bridgehead atoms. The lowest BCUT2D eigenvalue weighted by molar-refractivity contribution is 0.0729. The number of methoxy groups -OCH3 is 1. The Hall–Kier alpha value is -2.42. The average Bonchev–Trinajstić information content (AvgIpc) is 2.78. The number of nitrogens with zero attached hydrogens (tertiary/aromatic N) is 1. The zero-order valence-corrected chi connectivity index (χ0v) is 18.2. The summed E-state index contributed by atoms with van der Waals surface area (Å²) in [7, 11) is -1.78. The maximum atomic E-state index is 12.7. The molecule has 1 saturated heterocycles. The van der Waals surface area contributed by atoms with Crippen LogP contribution in [0.25, 0.3) is 0 Å². The maximum Gasteiger partial charge on any atom is 0.251 e. The molecule has 8 heteroatoms. The van der Waals surface area contributed by atoms with E-state index >= 15 is 0 Å². The van der Waals surface area contributed by atoms with Crippen LogP contribution in [0, 0.1) is 0 Å². The first kappa shape index (κ1) is 22.3. The van der Waals surface area contributed by atoms with Crippen molar-refractivity contribution in [1.82, 2.24) is 9.62 Å². The second-order valence-corrected chi connectivity index (χ2v) is 9.14. The van der Waals surface area contributed by atoms with E-state index in [1.54, 1.807) is 31.4 Å². The van der Waals surface area contributed by atoms with Gasteiger partial charge >= 0.3 is 0 Å². The van der Waals surface area contributed by atoms with Gasteiger partial charge in [-0.2, -0.15) is 4.31 Å². The molecule has 1 aliphatic heterocycles. The Morgan fingerprint density at radius 3 is 2.30 bits per heavy atom. The Morgan fingerprint density at radius 1 is 1.10 bits per heavy atom. The number of sulfonamides is 1. The van der Waals surface area contributed by atoms with Crippen LogP contribution < -0.4 is 10.1 Å². The van der Waals surface area contributed by atoms with Crippen molar-refractivity contribution >= 4 is 15.9 Å². The van der Waals surface area contributed by atoms with Crippen LogP contribution in [0.1, 0.15) is 40.9 Å². The smallest absolute Gasteiger partial charge is 0.251 e. The van der Waals surface area contributed by atoms with Crippen molar-refractivity contribution < 1.29 is 22.7 Å². The molecule has 0 aromatic heterocycles. The molecule has 0 radical (unpaired) electrons. The summed E-state index contributed by atoms with van der Waals surface area (Å²) in [6.45, 7) is 3.62. The summed E-state index contributed by atoms with van der Waals surface area (Å²) in [5, 5.41) is 3.04. The van der Waals surface area contributed by atoms with Crippen LogP contribution >= 0.6 is 0 Å². The summed E-state index contributed by atoms with van der Waals surface area (Å²) in [4.78, 5) is 12.7. The summed E-state index contributed by atoms with van der Waals surface area (Å²) >= 11 is 0. The average molecular weight is 433 g/mol. The van der Waals surface area contributed by atoms with Crippen LogP contribution in [0.15, 0.2) is 48.5 Å². The Labute approximate surface area is 178 Å². The van der Waals surface area contributed by atoms with Crippen LogP contribution in [0.4, 0.5) is 0 Å². The third kappa shape index (κ3) is 5.59. The fourth-order valence-electron chi connectivity index (χ4n) is 3.38. The second kappa shape index (κ2) is 10.1. The Bertz CT molecular complexity index is 936. The summed E-state index contributed by atoms with van der Waals surface area (Å²) in [5.41, 5.74) is 2.15. The largest absolute Gasteiger partial charge is 0.497 e. The van der Waals surface area contributed by atoms with Gasteiger partial charge in [0.05, 0.1) is 32.1 Å². The molecule has 1 amide bonds. The summed E-state index contributed by atoms with van der Waals surface area (Å²) in [5.74, 6) is 0.487. The number of ether oxygens (including phenoxy) is 2. The van der Waals surface area contributed by atoms with E-state index in [0.29, 0.717) is 37.4 Å². The molecule has 30 heavy (non-hydrogen) atoms. The lowest BCUT2D eigenvalue weighted by atomic mass is 10.0. The Kier molecular flexibility index (Phi) is 7.47. The van der Waals surface area contributed by atoms with E-state index in [0.717, 1.165) is 17.7 Å². The van der Waals surface area contributed by atoms with Crippen molar-refractivity contribution in [2.24, 2.45) is 0 Å². The van der Waals surface area contributed by atoms with Gasteiger partial charge in [0, 0.05) is 18.7 Å². The first-order valence-corrected chi connectivity index (χ1v) is 11.6. The van der Waals surface area contributed by atoms with Gasteiger partial charge in [0.15, 0.2) is 0 Å². The van der Waals surface area contributed by atoms with Crippen LogP contribution in [-0.2, 0) is 20.5 Å². The van der Waals surface area contributed by atoms with E-state index in [1.165, 1.54) is 4.31 Å². The van der Waals surface area contributed by atoms with Crippen molar-refractivity contribution in [3.05, 3.63) is 65.2 Å². The van der Waals surface area contributed by atoms with E-state index in [2.05, 4.69) is 5.32 Å². The predicted octanol–water partition coefficient (Wildman–Crippen LogP) is 2.74. The number of benzene rings is 2. The van der Waals surface area contributed by atoms with E-state index in [9.17, 15) is 13.2 Å². The minimum Gasteiger partial charge on any atom is -0.497 e. The monoisotopic (exact) mass is 432 g/mol. The third-order valence-corrected chi connectivity index (χ3v) is 7.01. The normalized spacial score (nSPS) is 16.1. The zero-order valence-electron chi connectivity index (χ0n) is 17.3. The van der Waals surface area contributed by atoms with E-state index in [1.807, 2.05) is 31.2 Å². The molecule has 2 aromatic carbocycles. The number of morpholine rings is 1. The lowest BCUT2D eigenvalue weighted by Gasteiger charge is -2.26. The molecule has 2 aromatic rings. The SMILES string of the molecule is CC[C@H](NC(=O)c1ccc(CS(=O)(=O)N2CCOCC2)cc1)c1ccc(OC)cc1. The molecule has 1 atom stereocenters. The van der Waals surface area contributed by atoms with Crippen LogP contribution in [-0.4, -0.2) is 52.0 Å². The first-order chi connectivity index (χ1) is 14.4. The van der Waals surface area contributed by atoms with Gasteiger partial charge in [0.1, 0.15) is 5.75 Å². The highest BCUT2D eigenvalue weighted by atomic mass is 32.2. The molecule has 7 nitrogen and oxygen atoms in total. The highest BCUT2D eigenvalue weighted by Gasteiger charge is 2.24. The van der Waals surface area contributed by atoms with Crippen molar-refractivity contribution in [3.8, 4) is 5.75 Å². The Morgan fingerprint density at radius 2 is 1.73 bits per heavy atom. The molecule has 1 N–H and O–H groups in total. The van der Waals surface area contributed by atoms with Crippen LogP contribution in [0.3, 0.4) is 0 Å². The van der Waals surface area contributed by atoms with E-state index in [-0.39, 0.29) is 17.7 Å². The van der Waals surface area contributed by atoms with Gasteiger partial charge in [-0.25, -0.2) is 8.42 Å². The molecule has 0 aliphatic carbocycles. The fourth-order valence-corrected chi connectivity index (χ4v) is 4.88. The standard InChI is InChI=1S/C22H28N2O5S/c1-3-21(18-8-10-20(28-2)11-9-18)23-22(25)19-6-4-17(5-7-19)16-30(26,27)24-12-14-29-15-13-24/h4-11,21H,3,12-16H2,1-2H3,(H,23,25)/t21-/m0/s1. The van der Waals surface area contributed by atoms with Crippen LogP contribution in [0.5, 0.6) is 5.75 Å². The van der Waals surface area contributed by atoms with Gasteiger partial charge in [-0.05, 0) is 41.8 Å². The number of carbonyl (C=O) groups is 1. The summed E-state index contributed by atoms with van der Waals surface area (Å²) in [6, 6.07) is 14.2. The van der Waals surface area contributed by atoms with E-state index < -0.39 is 10.0 Å². The first-order valence-electron chi connectivity index (χ1n) is 10.0. The van der Waals surface area contributed by atoms with Gasteiger partial charge in [-0.3, -0.25) is 4.79 Å². The lowest BCUT2D eigenvalue weighted by Crippen LogP contribution is -2.41. The van der Waals surface area contributed by atoms with Crippen molar-refractivity contribution in [2.45, 2.75) is 25.1 Å². The molecule has 0 unspecified atom stereocenters. The molecule has 162 valence electrons. The van der Waals surface area contributed by atoms with Gasteiger partial charge in [0.2, 0.25) is 10.0 Å². The number of nitrogens with one attached hydrogen (secondary N) is 1. The van der Waals surface area contributed by atoms with Gasteiger partial charge in [-0.1, -0.05) is 31.2 Å². The predicted molar refractivity (Wildman–Crippen MR) is 115 cm³/mol. The zero-order chi connectivity index (χ0) is 21.6. The van der Waals surface area contributed by atoms with Gasteiger partial charge in [-0.15, -0.1) is 0 Å². The number of amides is 1. The summed E-state index contributed by atoms with van der Waals surface area (Å²) < 4.78 is 36.9. The fraction of sp³-hybridized carbons (Fsp3) is 0.409. The summed E-state index contributed by atoms with van der Waals surface area (Å²) in [6.07, 6.45) is 0.744. The van der Waals surface area contributed by atoms with Crippen LogP contribution in [0.2, 0.25) is 0 Å². The van der Waals surface area contributed by atoms with E-state index in [4.69, 9.17) is 9.47 Å². The van der Waals surface area contributed by atoms with Crippen molar-refractivity contribution in [1.29, 1.82) is 0 Å². The topological polar surface area (TPSA) is 84.9 Å². The number of hydrogen-bond acceptors (Lipinski definition) is 5. The molecule has 0 spiro atoms. The quantitative estimate of drug-likeness (QED) is 0.693. The minimum atomic E-state index is -3.39. The maximum absolute atomic E-state index is 12.7. The minimum absolute atomic E-state index is 0.0850. The highest BCUT2D eigenvalue weighted by molar-refractivity contribution is 7.88. The number of rotatable bonds is 8. The molecular weight excluding hydrogens is 404 g/mol. The molecule has 1 fully saturated rings. The second-order valence-electron chi connectivity index (χ2n) is 7.17. The third-order valence-electron chi connectivity index (χ3n) is 5.16. The van der Waals surface area contributed by atoms with Crippen molar-refractivity contribution in [3.63, 3.8) is 0 Å². The molecular formula is C22H28N2O5S. The molecule has 1 heterocycles.